The van der Waals surface area contributed by atoms with Gasteiger partial charge in [0.1, 0.15) is 0 Å². The largest absolute Gasteiger partial charge is 0.466 e. The maximum atomic E-state index is 12.5. The average molecular weight is 1010 g/mol. The first-order valence-corrected chi connectivity index (χ1v) is 32.6. The molecular weight excluding hydrogens is 887 g/mol. The molecule has 0 aromatic heterocycles. The molecule has 6 heteroatoms. The van der Waals surface area contributed by atoms with Gasteiger partial charge in [0.05, 0.1) is 25.4 Å². The number of carbonyl (C=O) groups excluding carboxylic acids is 2. The van der Waals surface area contributed by atoms with Crippen LogP contribution in [0.3, 0.4) is 0 Å². The van der Waals surface area contributed by atoms with Gasteiger partial charge in [0.15, 0.2) is 0 Å². The molecule has 0 heterocycles. The van der Waals surface area contributed by atoms with Crippen molar-refractivity contribution in [3.05, 3.63) is 24.3 Å². The highest BCUT2D eigenvalue weighted by Crippen LogP contribution is 2.18. The van der Waals surface area contributed by atoms with Gasteiger partial charge in [0, 0.05) is 12.8 Å². The van der Waals surface area contributed by atoms with Crippen molar-refractivity contribution in [2.24, 2.45) is 0 Å². The predicted molar refractivity (Wildman–Crippen MR) is 315 cm³/mol. The average Bonchev–Trinajstić information content (AvgIpc) is 3.38. The molecule has 426 valence electrons. The quantitative estimate of drug-likeness (QED) is 0.0320. The van der Waals surface area contributed by atoms with E-state index < -0.39 is 12.1 Å². The van der Waals surface area contributed by atoms with E-state index in [1.165, 1.54) is 276 Å². The molecule has 3 N–H and O–H groups in total. The van der Waals surface area contributed by atoms with Crippen molar-refractivity contribution in [2.45, 2.75) is 373 Å². The van der Waals surface area contributed by atoms with Crippen molar-refractivity contribution in [1.29, 1.82) is 0 Å². The Balaban J connectivity index is 3.45. The normalized spacial score (nSPS) is 12.7. The number of allylic oxidation sites excluding steroid dienone is 3. The first kappa shape index (κ1) is 70.3. The van der Waals surface area contributed by atoms with Gasteiger partial charge in [0.2, 0.25) is 5.91 Å². The number of unbranched alkanes of at least 4 members (excludes halogenated alkanes) is 48. The molecule has 0 fully saturated rings. The Kier molecular flexibility index (Phi) is 60.5. The lowest BCUT2D eigenvalue weighted by atomic mass is 10.0. The van der Waals surface area contributed by atoms with Crippen LogP contribution in [0.4, 0.5) is 0 Å². The predicted octanol–water partition coefficient (Wildman–Crippen LogP) is 20.6. The first-order valence-electron chi connectivity index (χ1n) is 32.6. The van der Waals surface area contributed by atoms with E-state index in [4.69, 9.17) is 4.74 Å². The van der Waals surface area contributed by atoms with Crippen LogP contribution in [0.2, 0.25) is 0 Å². The highest BCUT2D eigenvalue weighted by Gasteiger charge is 2.18. The molecular formula is C66H127NO5. The topological polar surface area (TPSA) is 95.9 Å². The van der Waals surface area contributed by atoms with E-state index in [9.17, 15) is 19.8 Å². The minimum Gasteiger partial charge on any atom is -0.466 e. The fraction of sp³-hybridized carbons (Fsp3) is 0.909. The molecule has 0 rings (SSSR count). The van der Waals surface area contributed by atoms with Crippen molar-refractivity contribution in [3.8, 4) is 0 Å². The number of hydrogen-bond donors (Lipinski definition) is 3. The summed E-state index contributed by atoms with van der Waals surface area (Å²) in [4.78, 5) is 24.6. The highest BCUT2D eigenvalue weighted by atomic mass is 16.5. The van der Waals surface area contributed by atoms with Crippen LogP contribution in [0.5, 0.6) is 0 Å². The van der Waals surface area contributed by atoms with Gasteiger partial charge >= 0.3 is 5.97 Å². The van der Waals surface area contributed by atoms with Crippen molar-refractivity contribution in [3.63, 3.8) is 0 Å². The molecule has 72 heavy (non-hydrogen) atoms. The molecule has 0 bridgehead atoms. The van der Waals surface area contributed by atoms with E-state index in [1.807, 2.05) is 6.08 Å². The number of amides is 1. The summed E-state index contributed by atoms with van der Waals surface area (Å²) in [5, 5.41) is 23.2. The second-order valence-electron chi connectivity index (χ2n) is 22.5. The molecule has 0 radical (unpaired) electrons. The lowest BCUT2D eigenvalue weighted by Gasteiger charge is -2.20. The maximum Gasteiger partial charge on any atom is 0.305 e. The van der Waals surface area contributed by atoms with Crippen LogP contribution in [0.15, 0.2) is 24.3 Å². The van der Waals surface area contributed by atoms with Crippen LogP contribution in [0.1, 0.15) is 361 Å². The highest BCUT2D eigenvalue weighted by molar-refractivity contribution is 5.76. The molecule has 1 amide bonds. The Morgan fingerprint density at radius 1 is 0.375 bits per heavy atom. The standard InChI is InChI=1S/C66H127NO5/c1-3-5-7-9-11-13-15-17-19-21-23-24-25-27-28-30-34-38-42-46-50-54-58-64(69)63(62-68)67-65(70)59-55-51-47-43-39-35-32-33-37-41-45-49-53-57-61-72-66(71)60-56-52-48-44-40-36-31-29-26-22-20-18-16-14-12-10-8-6-4-2/h18,20,54,58,63-64,68-69H,3-17,19,21-53,55-57,59-62H2,1-2H3,(H,67,70)/b20-18-,58-54+. The molecule has 0 saturated carbocycles. The van der Waals surface area contributed by atoms with E-state index in [2.05, 4.69) is 31.3 Å². The van der Waals surface area contributed by atoms with E-state index in [0.717, 1.165) is 57.8 Å². The SMILES string of the molecule is CCCCCCCC/C=C\CCCCCCCCCCCC(=O)OCCCCCCCCCCCCCCCCC(=O)NC(CO)C(O)/C=C/CCCCCCCCCCCCCCCCCCCCCC. The van der Waals surface area contributed by atoms with Crippen LogP contribution in [0.25, 0.3) is 0 Å². The van der Waals surface area contributed by atoms with Crippen molar-refractivity contribution >= 4 is 11.9 Å². The van der Waals surface area contributed by atoms with Gasteiger partial charge < -0.3 is 20.3 Å². The van der Waals surface area contributed by atoms with Gasteiger partial charge in [-0.05, 0) is 57.8 Å². The summed E-state index contributed by atoms with van der Waals surface area (Å²) in [5.74, 6) is -0.0777. The number of carbonyl (C=O) groups is 2. The zero-order valence-electron chi connectivity index (χ0n) is 48.7. The van der Waals surface area contributed by atoms with Crippen LogP contribution >= 0.6 is 0 Å². The van der Waals surface area contributed by atoms with Crippen molar-refractivity contribution in [1.82, 2.24) is 5.32 Å². The molecule has 0 spiro atoms. The zero-order valence-corrected chi connectivity index (χ0v) is 48.7. The summed E-state index contributed by atoms with van der Waals surface area (Å²) in [5.41, 5.74) is 0. The van der Waals surface area contributed by atoms with Crippen molar-refractivity contribution < 1.29 is 24.5 Å². The Hall–Kier alpha value is -1.66. The van der Waals surface area contributed by atoms with E-state index in [-0.39, 0.29) is 18.5 Å². The van der Waals surface area contributed by atoms with E-state index in [1.54, 1.807) is 6.08 Å². The second-order valence-corrected chi connectivity index (χ2v) is 22.5. The molecule has 2 atom stereocenters. The molecule has 0 saturated heterocycles. The Bertz CT molecular complexity index is 1120. The lowest BCUT2D eigenvalue weighted by molar-refractivity contribution is -0.143. The maximum absolute atomic E-state index is 12.5. The lowest BCUT2D eigenvalue weighted by Crippen LogP contribution is -2.45. The van der Waals surface area contributed by atoms with E-state index in [0.29, 0.717) is 19.4 Å². The number of rotatable bonds is 61. The summed E-state index contributed by atoms with van der Waals surface area (Å²) in [6, 6.07) is -0.637. The number of aliphatic hydroxyl groups is 2. The molecule has 0 aromatic rings. The van der Waals surface area contributed by atoms with Gasteiger partial charge in [0.25, 0.3) is 0 Å². The minimum absolute atomic E-state index is 0.00288. The summed E-state index contributed by atoms with van der Waals surface area (Å²) in [6.45, 7) is 4.91. The summed E-state index contributed by atoms with van der Waals surface area (Å²) < 4.78 is 5.49. The van der Waals surface area contributed by atoms with Gasteiger partial charge in [-0.3, -0.25) is 9.59 Å². The van der Waals surface area contributed by atoms with Gasteiger partial charge in [-0.2, -0.15) is 0 Å². The number of nitrogens with one attached hydrogen (secondary N) is 1. The fourth-order valence-electron chi connectivity index (χ4n) is 10.2. The zero-order chi connectivity index (χ0) is 52.2. The Labute approximate surface area is 450 Å². The van der Waals surface area contributed by atoms with E-state index >= 15 is 0 Å². The van der Waals surface area contributed by atoms with Gasteiger partial charge in [-0.15, -0.1) is 0 Å². The smallest absolute Gasteiger partial charge is 0.305 e. The molecule has 0 aliphatic carbocycles. The van der Waals surface area contributed by atoms with Crippen LogP contribution in [-0.2, 0) is 14.3 Å². The van der Waals surface area contributed by atoms with Crippen molar-refractivity contribution in [2.75, 3.05) is 13.2 Å². The summed E-state index contributed by atoms with van der Waals surface area (Å²) in [7, 11) is 0. The number of hydrogen-bond acceptors (Lipinski definition) is 5. The van der Waals surface area contributed by atoms with Crippen LogP contribution < -0.4 is 5.32 Å². The number of ether oxygens (including phenoxy) is 1. The fourth-order valence-corrected chi connectivity index (χ4v) is 10.2. The number of aliphatic hydroxyl groups excluding tert-OH is 2. The molecule has 2 unspecified atom stereocenters. The van der Waals surface area contributed by atoms with Crippen LogP contribution in [0, 0.1) is 0 Å². The first-order chi connectivity index (χ1) is 35.5. The van der Waals surface area contributed by atoms with Gasteiger partial charge in [-0.25, -0.2) is 0 Å². The summed E-state index contributed by atoms with van der Waals surface area (Å²) >= 11 is 0. The third-order valence-corrected chi connectivity index (χ3v) is 15.2. The molecule has 0 aliphatic heterocycles. The molecule has 6 nitrogen and oxygen atoms in total. The third-order valence-electron chi connectivity index (χ3n) is 15.2. The third kappa shape index (κ3) is 57.6. The summed E-state index contributed by atoms with van der Waals surface area (Å²) in [6.07, 6.45) is 76.5. The number of esters is 1. The minimum atomic E-state index is -0.853. The molecule has 0 aromatic carbocycles. The second kappa shape index (κ2) is 61.9. The monoisotopic (exact) mass is 1010 g/mol. The molecule has 0 aliphatic rings. The van der Waals surface area contributed by atoms with Crippen LogP contribution in [-0.4, -0.2) is 47.4 Å². The Morgan fingerprint density at radius 2 is 0.653 bits per heavy atom. The Morgan fingerprint density at radius 3 is 0.986 bits per heavy atom. The van der Waals surface area contributed by atoms with Gasteiger partial charge in [-0.1, -0.05) is 314 Å².